The summed E-state index contributed by atoms with van der Waals surface area (Å²) >= 11 is 1.71. The molecule has 0 unspecified atom stereocenters. The van der Waals surface area contributed by atoms with Gasteiger partial charge in [-0.1, -0.05) is 23.5 Å². The molecule has 0 atom stereocenters. The van der Waals surface area contributed by atoms with Gasteiger partial charge in [0.1, 0.15) is 12.1 Å². The lowest BCUT2D eigenvalue weighted by Gasteiger charge is -2.05. The van der Waals surface area contributed by atoms with E-state index < -0.39 is 0 Å². The predicted octanol–water partition coefficient (Wildman–Crippen LogP) is 3.74. The van der Waals surface area contributed by atoms with Crippen molar-refractivity contribution in [2.45, 2.75) is 6.54 Å². The fraction of sp³-hybridized carbons (Fsp3) is 0.0556. The molecule has 5 aromatic rings. The Bertz CT molecular complexity index is 1140. The molecule has 25 heavy (non-hydrogen) atoms. The first-order valence-corrected chi connectivity index (χ1v) is 8.72. The van der Waals surface area contributed by atoms with E-state index in [9.17, 15) is 0 Å². The Hall–Kier alpha value is -3.19. The summed E-state index contributed by atoms with van der Waals surface area (Å²) < 4.78 is 5.28. The standard InChI is InChI=1S/C18H14N6S/c1-2-4-16-15(3-1)24-11-14(22-18(24)25-16)10-20-13-5-6-17(21-9-13)23-8-7-19-12-23/h1-9,11-12,20H,10H2. The molecule has 1 N–H and O–H groups in total. The Balaban J connectivity index is 1.34. The number of imidazole rings is 2. The number of para-hydroxylation sites is 1. The van der Waals surface area contributed by atoms with E-state index in [1.54, 1.807) is 23.9 Å². The molecule has 122 valence electrons. The normalized spacial score (nSPS) is 11.4. The van der Waals surface area contributed by atoms with Crippen LogP contribution >= 0.6 is 11.3 Å². The van der Waals surface area contributed by atoms with Gasteiger partial charge < -0.3 is 5.32 Å². The molecule has 0 spiro atoms. The van der Waals surface area contributed by atoms with E-state index in [0.29, 0.717) is 6.54 Å². The Kier molecular flexibility index (Phi) is 3.24. The third-order valence-corrected chi connectivity index (χ3v) is 5.08. The van der Waals surface area contributed by atoms with Crippen LogP contribution in [-0.4, -0.2) is 23.9 Å². The molecule has 0 aliphatic carbocycles. The first-order valence-electron chi connectivity index (χ1n) is 7.90. The second kappa shape index (κ2) is 5.71. The fourth-order valence-corrected chi connectivity index (χ4v) is 3.84. The Morgan fingerprint density at radius 1 is 1.12 bits per heavy atom. The molecule has 0 saturated carbocycles. The summed E-state index contributed by atoms with van der Waals surface area (Å²) in [6.45, 7) is 0.662. The van der Waals surface area contributed by atoms with Gasteiger partial charge in [-0.05, 0) is 24.3 Å². The van der Waals surface area contributed by atoms with Gasteiger partial charge in [-0.15, -0.1) is 0 Å². The van der Waals surface area contributed by atoms with Crippen molar-refractivity contribution < 1.29 is 0 Å². The molecule has 4 heterocycles. The molecule has 0 bridgehead atoms. The van der Waals surface area contributed by atoms with E-state index in [4.69, 9.17) is 4.98 Å². The molecule has 0 radical (unpaired) electrons. The summed E-state index contributed by atoms with van der Waals surface area (Å²) in [4.78, 5) is 14.2. The largest absolute Gasteiger partial charge is 0.378 e. The maximum absolute atomic E-state index is 4.71. The monoisotopic (exact) mass is 346 g/mol. The SMILES string of the molecule is c1ccc2c(c1)sc1nc(CNc3ccc(-n4ccnc4)nc3)cn12. The molecule has 1 aromatic carbocycles. The molecule has 0 aliphatic rings. The van der Waals surface area contributed by atoms with E-state index in [1.165, 1.54) is 10.2 Å². The lowest BCUT2D eigenvalue weighted by Crippen LogP contribution is -2.01. The summed E-state index contributed by atoms with van der Waals surface area (Å²) in [6.07, 6.45) is 9.26. The Labute approximate surface area is 147 Å². The predicted molar refractivity (Wildman–Crippen MR) is 99.3 cm³/mol. The van der Waals surface area contributed by atoms with Gasteiger partial charge >= 0.3 is 0 Å². The molecule has 0 amide bonds. The van der Waals surface area contributed by atoms with Crippen LogP contribution in [0.2, 0.25) is 0 Å². The highest BCUT2D eigenvalue weighted by Gasteiger charge is 2.08. The van der Waals surface area contributed by atoms with E-state index in [0.717, 1.165) is 22.2 Å². The number of nitrogens with one attached hydrogen (secondary N) is 1. The molecule has 0 fully saturated rings. The minimum absolute atomic E-state index is 0.662. The second-order valence-corrected chi connectivity index (χ2v) is 6.69. The van der Waals surface area contributed by atoms with Gasteiger partial charge in [-0.3, -0.25) is 8.97 Å². The Morgan fingerprint density at radius 3 is 2.92 bits per heavy atom. The zero-order valence-corrected chi connectivity index (χ0v) is 14.0. The maximum atomic E-state index is 4.71. The van der Waals surface area contributed by atoms with Crippen LogP contribution in [0.5, 0.6) is 0 Å². The maximum Gasteiger partial charge on any atom is 0.195 e. The smallest absolute Gasteiger partial charge is 0.195 e. The van der Waals surface area contributed by atoms with Crippen LogP contribution in [0, 0.1) is 0 Å². The number of aromatic nitrogens is 5. The van der Waals surface area contributed by atoms with Crippen LogP contribution < -0.4 is 5.32 Å². The first kappa shape index (κ1) is 14.2. The number of rotatable bonds is 4. The molecule has 6 nitrogen and oxygen atoms in total. The van der Waals surface area contributed by atoms with Crippen LogP contribution in [0.3, 0.4) is 0 Å². The van der Waals surface area contributed by atoms with Gasteiger partial charge in [0.05, 0.1) is 34.3 Å². The summed E-state index contributed by atoms with van der Waals surface area (Å²) in [5, 5.41) is 3.37. The number of hydrogen-bond acceptors (Lipinski definition) is 5. The van der Waals surface area contributed by atoms with Gasteiger partial charge in [0.15, 0.2) is 4.96 Å². The van der Waals surface area contributed by atoms with Crippen molar-refractivity contribution in [3.63, 3.8) is 0 Å². The summed E-state index contributed by atoms with van der Waals surface area (Å²) in [7, 11) is 0. The zero-order valence-electron chi connectivity index (χ0n) is 13.2. The molecular weight excluding hydrogens is 332 g/mol. The van der Waals surface area contributed by atoms with Crippen LogP contribution in [0.4, 0.5) is 5.69 Å². The topological polar surface area (TPSA) is 60.0 Å². The minimum Gasteiger partial charge on any atom is -0.378 e. The van der Waals surface area contributed by atoms with Gasteiger partial charge in [0.25, 0.3) is 0 Å². The van der Waals surface area contributed by atoms with Gasteiger partial charge in [0.2, 0.25) is 0 Å². The average molecular weight is 346 g/mol. The van der Waals surface area contributed by atoms with Gasteiger partial charge in [0, 0.05) is 18.6 Å². The molecule has 0 aliphatic heterocycles. The van der Waals surface area contributed by atoms with E-state index in [2.05, 4.69) is 50.1 Å². The zero-order chi connectivity index (χ0) is 16.6. The van der Waals surface area contributed by atoms with Crippen LogP contribution in [-0.2, 0) is 6.54 Å². The minimum atomic E-state index is 0.662. The molecule has 0 saturated heterocycles. The van der Waals surface area contributed by atoms with Crippen molar-refractivity contribution in [3.05, 3.63) is 73.2 Å². The van der Waals surface area contributed by atoms with Crippen molar-refractivity contribution in [1.82, 2.24) is 23.9 Å². The number of pyridine rings is 1. The number of fused-ring (bicyclic) bond motifs is 3. The highest BCUT2D eigenvalue weighted by atomic mass is 32.1. The summed E-state index contributed by atoms with van der Waals surface area (Å²) in [5.41, 5.74) is 3.17. The van der Waals surface area contributed by atoms with E-state index >= 15 is 0 Å². The lowest BCUT2D eigenvalue weighted by atomic mass is 10.3. The average Bonchev–Trinajstić information content (AvgIpc) is 3.36. The van der Waals surface area contributed by atoms with E-state index in [-0.39, 0.29) is 0 Å². The third-order valence-electron chi connectivity index (χ3n) is 4.04. The fourth-order valence-electron chi connectivity index (χ4n) is 2.81. The summed E-state index contributed by atoms with van der Waals surface area (Å²) in [6, 6.07) is 12.3. The summed E-state index contributed by atoms with van der Waals surface area (Å²) in [5.74, 6) is 0.844. The Morgan fingerprint density at radius 2 is 2.08 bits per heavy atom. The van der Waals surface area contributed by atoms with Gasteiger partial charge in [-0.25, -0.2) is 15.0 Å². The van der Waals surface area contributed by atoms with Crippen molar-refractivity contribution in [2.24, 2.45) is 0 Å². The van der Waals surface area contributed by atoms with Crippen molar-refractivity contribution in [2.75, 3.05) is 5.32 Å². The molecular formula is C18H14N6S. The highest BCUT2D eigenvalue weighted by molar-refractivity contribution is 7.23. The second-order valence-electron chi connectivity index (χ2n) is 5.68. The lowest BCUT2D eigenvalue weighted by molar-refractivity contribution is 0.989. The number of nitrogens with zero attached hydrogens (tertiary/aromatic N) is 5. The molecule has 5 rings (SSSR count). The molecule has 4 aromatic heterocycles. The first-order chi connectivity index (χ1) is 12.4. The van der Waals surface area contributed by atoms with E-state index in [1.807, 2.05) is 29.1 Å². The number of hydrogen-bond donors (Lipinski definition) is 1. The van der Waals surface area contributed by atoms with Crippen molar-refractivity contribution in [3.8, 4) is 5.82 Å². The van der Waals surface area contributed by atoms with Crippen LogP contribution in [0.1, 0.15) is 5.69 Å². The highest BCUT2D eigenvalue weighted by Crippen LogP contribution is 2.26. The van der Waals surface area contributed by atoms with Crippen molar-refractivity contribution >= 4 is 32.2 Å². The quantitative estimate of drug-likeness (QED) is 0.538. The number of anilines is 1. The molecule has 7 heteroatoms. The third kappa shape index (κ3) is 2.54. The van der Waals surface area contributed by atoms with Crippen LogP contribution in [0.25, 0.3) is 21.0 Å². The number of benzene rings is 1. The van der Waals surface area contributed by atoms with Crippen LogP contribution in [0.15, 0.2) is 67.5 Å². The van der Waals surface area contributed by atoms with Gasteiger partial charge in [-0.2, -0.15) is 0 Å². The number of thiazole rings is 1. The van der Waals surface area contributed by atoms with Crippen molar-refractivity contribution in [1.29, 1.82) is 0 Å².